The van der Waals surface area contributed by atoms with E-state index in [1.807, 2.05) is 11.0 Å². The number of nitriles is 1. The lowest BCUT2D eigenvalue weighted by Crippen LogP contribution is -2.64. The number of halogens is 4. The van der Waals surface area contributed by atoms with Crippen molar-refractivity contribution >= 4 is 60.7 Å². The van der Waals surface area contributed by atoms with Crippen molar-refractivity contribution in [2.45, 2.75) is 68.7 Å². The van der Waals surface area contributed by atoms with Gasteiger partial charge in [0.25, 0.3) is 0 Å². The molecule has 6 aliphatic rings. The van der Waals surface area contributed by atoms with Crippen LogP contribution < -0.4 is 20.7 Å². The lowest BCUT2D eigenvalue weighted by molar-refractivity contribution is -0.134. The molecule has 0 bridgehead atoms. The number of carbonyl (C=O) groups is 1. The number of rotatable bonds is 7. The molecule has 4 atom stereocenters. The molecule has 53 heavy (non-hydrogen) atoms. The summed E-state index contributed by atoms with van der Waals surface area (Å²) in [5.41, 5.74) is 5.70. The van der Waals surface area contributed by atoms with E-state index in [2.05, 4.69) is 20.1 Å². The zero-order valence-electron chi connectivity index (χ0n) is 28.9. The summed E-state index contributed by atoms with van der Waals surface area (Å²) in [7, 11) is 0. The van der Waals surface area contributed by atoms with Crippen molar-refractivity contribution in [2.24, 2.45) is 11.3 Å². The molecule has 10 nitrogen and oxygen atoms in total. The van der Waals surface area contributed by atoms with E-state index in [4.69, 9.17) is 27.1 Å². The van der Waals surface area contributed by atoms with E-state index in [1.165, 1.54) is 25.0 Å². The van der Waals surface area contributed by atoms with Crippen LogP contribution in [0.25, 0.3) is 32.1 Å². The Morgan fingerprint density at radius 2 is 1.98 bits per heavy atom. The van der Waals surface area contributed by atoms with Gasteiger partial charge in [0.15, 0.2) is 5.82 Å². The van der Waals surface area contributed by atoms with Crippen molar-refractivity contribution in [3.63, 3.8) is 0 Å². The number of ether oxygens (including phenoxy) is 1. The molecule has 1 saturated carbocycles. The maximum absolute atomic E-state index is 17.1. The second-order valence-electron chi connectivity index (χ2n) is 16.1. The molecule has 6 fully saturated rings. The van der Waals surface area contributed by atoms with Crippen LogP contribution in [-0.4, -0.2) is 95.3 Å². The summed E-state index contributed by atoms with van der Waals surface area (Å²) in [5, 5.41) is 14.1. The van der Waals surface area contributed by atoms with Gasteiger partial charge in [-0.05, 0) is 68.7 Å². The van der Waals surface area contributed by atoms with Gasteiger partial charge < -0.3 is 20.3 Å². The predicted molar refractivity (Wildman–Crippen MR) is 197 cm³/mol. The number of fused-ring (bicyclic) bond motifs is 3. The van der Waals surface area contributed by atoms with Crippen LogP contribution in [0, 0.1) is 34.3 Å². The number of alkyl halides is 1. The molecule has 1 aliphatic carbocycles. The van der Waals surface area contributed by atoms with Gasteiger partial charge in [0, 0.05) is 66.9 Å². The number of benzene rings is 2. The van der Waals surface area contributed by atoms with Crippen molar-refractivity contribution in [3.8, 4) is 23.2 Å². The lowest BCUT2D eigenvalue weighted by Gasteiger charge is -2.55. The highest BCUT2D eigenvalue weighted by Gasteiger charge is 2.55. The van der Waals surface area contributed by atoms with E-state index in [-0.39, 0.29) is 72.3 Å². The molecule has 2 aromatic carbocycles. The third kappa shape index (κ3) is 5.36. The largest absolute Gasteiger partial charge is 0.461 e. The van der Waals surface area contributed by atoms with Crippen LogP contribution in [0.1, 0.15) is 50.5 Å². The highest BCUT2D eigenvalue weighted by Crippen LogP contribution is 2.49. The van der Waals surface area contributed by atoms with Crippen molar-refractivity contribution in [2.75, 3.05) is 56.5 Å². The Labute approximate surface area is 313 Å². The number of thiophene rings is 1. The van der Waals surface area contributed by atoms with Crippen molar-refractivity contribution in [3.05, 3.63) is 40.4 Å². The summed E-state index contributed by atoms with van der Waals surface area (Å²) in [6.45, 7) is 3.92. The minimum atomic E-state index is -0.944. The number of anilines is 2. The second kappa shape index (κ2) is 12.1. The zero-order chi connectivity index (χ0) is 36.4. The zero-order valence-corrected chi connectivity index (χ0v) is 30.5. The number of nitrogens with two attached hydrogens (primary N) is 1. The topological polar surface area (TPSA) is 134 Å². The Balaban J connectivity index is 1.02. The highest BCUT2D eigenvalue weighted by atomic mass is 35.5. The summed E-state index contributed by atoms with van der Waals surface area (Å²) >= 11 is 7.84. The summed E-state index contributed by atoms with van der Waals surface area (Å²) in [6.07, 6.45) is 5.38. The van der Waals surface area contributed by atoms with Gasteiger partial charge >= 0.3 is 6.01 Å². The van der Waals surface area contributed by atoms with Gasteiger partial charge in [-0.2, -0.15) is 15.2 Å². The number of likely N-dealkylation sites (tertiary alicyclic amines) is 1. The minimum absolute atomic E-state index is 0.0303. The fraction of sp³-hybridized carbons (Fsp3) is 0.526. The fourth-order valence-corrected chi connectivity index (χ4v) is 11.1. The van der Waals surface area contributed by atoms with Gasteiger partial charge in [-0.3, -0.25) is 15.0 Å². The Morgan fingerprint density at radius 3 is 2.77 bits per heavy atom. The van der Waals surface area contributed by atoms with Gasteiger partial charge in [-0.25, -0.2) is 13.2 Å². The number of nitrogens with zero attached hydrogens (tertiary/aromatic N) is 6. The molecule has 4 aromatic rings. The van der Waals surface area contributed by atoms with E-state index in [1.54, 1.807) is 6.07 Å². The molecule has 15 heteroatoms. The van der Waals surface area contributed by atoms with Gasteiger partial charge in [0.2, 0.25) is 5.91 Å². The number of hydrogen-bond acceptors (Lipinski definition) is 10. The van der Waals surface area contributed by atoms with E-state index >= 15 is 4.39 Å². The first-order valence-electron chi connectivity index (χ1n) is 18.5. The van der Waals surface area contributed by atoms with E-state index in [9.17, 15) is 18.8 Å². The second-order valence-corrected chi connectivity index (χ2v) is 17.6. The predicted octanol–water partition coefficient (Wildman–Crippen LogP) is 6.03. The van der Waals surface area contributed by atoms with E-state index < -0.39 is 23.3 Å². The lowest BCUT2D eigenvalue weighted by atomic mass is 9.73. The molecule has 0 unspecified atom stereocenters. The monoisotopic (exact) mass is 762 g/mol. The van der Waals surface area contributed by atoms with Crippen molar-refractivity contribution in [1.82, 2.24) is 25.1 Å². The number of piperidine rings is 1. The SMILES string of the molecule is N#Cc1c(N)sc2c(F)ccc(-c3c(Cl)cc4c(N5CC6(CCCN(C(=O)[C@@H]7N[C@H]7C7CC7)C6)C5)nc(OC[C@@]56CCCN5C[C@H](F)C6)nc4c3F)c12. The first kappa shape index (κ1) is 33.7. The first-order chi connectivity index (χ1) is 25.6. The Morgan fingerprint density at radius 1 is 1.17 bits per heavy atom. The molecule has 276 valence electrons. The van der Waals surface area contributed by atoms with Gasteiger partial charge in [0.1, 0.15) is 47.0 Å². The maximum atomic E-state index is 17.1. The number of aromatic nitrogens is 2. The third-order valence-corrected chi connectivity index (χ3v) is 13.9. The maximum Gasteiger partial charge on any atom is 0.319 e. The van der Waals surface area contributed by atoms with Gasteiger partial charge in [-0.1, -0.05) is 17.7 Å². The molecular weight excluding hydrogens is 725 g/mol. The van der Waals surface area contributed by atoms with Crippen LogP contribution in [-0.2, 0) is 4.79 Å². The quantitative estimate of drug-likeness (QED) is 0.217. The molecule has 10 rings (SSSR count). The van der Waals surface area contributed by atoms with Crippen molar-refractivity contribution in [1.29, 1.82) is 5.26 Å². The minimum Gasteiger partial charge on any atom is -0.461 e. The standard InChI is InChI=1S/C38H38ClF3N8O2S/c39-24-11-22-30(28(42)27(24)21-5-6-25(41)32-26(21)23(13-43)33(44)53-32)46-36(52-18-38-8-2-10-50(38)14-20(40)12-38)47-34(22)49-16-37(17-49)7-1-9-48(15-37)35(51)31-29(45-31)19-3-4-19/h5-6,11,19-20,29,31,45H,1-4,7-10,12,14-18,44H2/t20-,29+,31-,38+/m1/s1. The molecule has 7 heterocycles. The molecule has 0 radical (unpaired) electrons. The fourth-order valence-electron chi connectivity index (χ4n) is 9.87. The van der Waals surface area contributed by atoms with Crippen LogP contribution in [0.4, 0.5) is 24.0 Å². The summed E-state index contributed by atoms with van der Waals surface area (Å²) in [5.74, 6) is -0.0609. The number of nitrogen functional groups attached to an aromatic ring is 1. The number of hydrogen-bond donors (Lipinski definition) is 2. The number of nitrogens with one attached hydrogen (secondary N) is 1. The molecule has 1 spiro atoms. The normalized spacial score (nSPS) is 27.7. The molecule has 2 aromatic heterocycles. The molecule has 1 amide bonds. The Hall–Kier alpha value is -3.90. The number of carbonyl (C=O) groups excluding carboxylic acids is 1. The van der Waals surface area contributed by atoms with Crippen molar-refractivity contribution < 1.29 is 22.7 Å². The summed E-state index contributed by atoms with van der Waals surface area (Å²) in [6, 6.07) is 6.49. The van der Waals surface area contributed by atoms with E-state index in [0.29, 0.717) is 55.8 Å². The summed E-state index contributed by atoms with van der Waals surface area (Å²) in [4.78, 5) is 29.1. The van der Waals surface area contributed by atoms with E-state index in [0.717, 1.165) is 50.1 Å². The first-order valence-corrected chi connectivity index (χ1v) is 19.7. The molecule has 3 N–H and O–H groups in total. The van der Waals surface area contributed by atoms with Crippen LogP contribution >= 0.6 is 22.9 Å². The Kier molecular flexibility index (Phi) is 7.65. The average Bonchev–Trinajstić information content (AvgIpc) is 4.03. The highest BCUT2D eigenvalue weighted by molar-refractivity contribution is 7.23. The van der Waals surface area contributed by atoms with Crippen LogP contribution in [0.5, 0.6) is 6.01 Å². The molecular formula is C38H38ClF3N8O2S. The Bertz CT molecular complexity index is 2260. The third-order valence-electron chi connectivity index (χ3n) is 12.6. The van der Waals surface area contributed by atoms with Gasteiger partial charge in [0.05, 0.1) is 20.8 Å². The van der Waals surface area contributed by atoms with Crippen LogP contribution in [0.3, 0.4) is 0 Å². The van der Waals surface area contributed by atoms with Gasteiger partial charge in [-0.15, -0.1) is 11.3 Å². The molecule has 5 aliphatic heterocycles. The number of amides is 1. The van der Waals surface area contributed by atoms with Crippen LogP contribution in [0.15, 0.2) is 18.2 Å². The average molecular weight is 763 g/mol. The molecule has 5 saturated heterocycles. The van der Waals surface area contributed by atoms with Crippen LogP contribution in [0.2, 0.25) is 5.02 Å². The summed E-state index contributed by atoms with van der Waals surface area (Å²) < 4.78 is 53.2. The smallest absolute Gasteiger partial charge is 0.319 e.